The summed E-state index contributed by atoms with van der Waals surface area (Å²) in [4.78, 5) is 26.7. The highest BCUT2D eigenvalue weighted by Gasteiger charge is 2.36. The quantitative estimate of drug-likeness (QED) is 0.556. The molecule has 0 N–H and O–H groups in total. The normalized spacial score (nSPS) is 17.7. The van der Waals surface area contributed by atoms with Gasteiger partial charge in [0.25, 0.3) is 5.91 Å². The van der Waals surface area contributed by atoms with Gasteiger partial charge in [-0.2, -0.15) is 0 Å². The Kier molecular flexibility index (Phi) is 5.53. The molecule has 1 fully saturated rings. The SMILES string of the molecule is O=C(OCC(=O)N(c1ccccc1)[C@@H]1CCS(=O)(=O)C1)c1cc2cc(Cl)ccc2o1. The van der Waals surface area contributed by atoms with Crippen LogP contribution in [0.15, 0.2) is 59.0 Å². The summed E-state index contributed by atoms with van der Waals surface area (Å²) in [5, 5.41) is 1.14. The van der Waals surface area contributed by atoms with Gasteiger partial charge < -0.3 is 14.1 Å². The summed E-state index contributed by atoms with van der Waals surface area (Å²) in [6.45, 7) is -0.540. The fourth-order valence-electron chi connectivity index (χ4n) is 3.51. The largest absolute Gasteiger partial charge is 0.450 e. The molecular formula is C21H18ClNO6S. The molecule has 1 aliphatic heterocycles. The van der Waals surface area contributed by atoms with Crippen molar-refractivity contribution in [3.63, 3.8) is 0 Å². The molecule has 0 aliphatic carbocycles. The maximum atomic E-state index is 12.9. The van der Waals surface area contributed by atoms with Crippen LogP contribution in [0.5, 0.6) is 0 Å². The molecule has 1 atom stereocenters. The van der Waals surface area contributed by atoms with Gasteiger partial charge in [-0.25, -0.2) is 13.2 Å². The summed E-state index contributed by atoms with van der Waals surface area (Å²) in [5.74, 6) is -1.44. The maximum Gasteiger partial charge on any atom is 0.374 e. The summed E-state index contributed by atoms with van der Waals surface area (Å²) >= 11 is 5.93. The Balaban J connectivity index is 1.50. The fourth-order valence-corrected chi connectivity index (χ4v) is 5.39. The van der Waals surface area contributed by atoms with E-state index in [1.165, 1.54) is 11.0 Å². The molecule has 2 aromatic carbocycles. The number of ether oxygens (including phenoxy) is 1. The number of fused-ring (bicyclic) bond motifs is 1. The summed E-state index contributed by atoms with van der Waals surface area (Å²) in [6, 6.07) is 14.7. The number of rotatable bonds is 5. The molecule has 0 bridgehead atoms. The van der Waals surface area contributed by atoms with Crippen molar-refractivity contribution in [3.8, 4) is 0 Å². The number of carbonyl (C=O) groups is 2. The van der Waals surface area contributed by atoms with Gasteiger partial charge in [0.1, 0.15) is 5.58 Å². The Morgan fingerprint density at radius 3 is 2.60 bits per heavy atom. The zero-order valence-corrected chi connectivity index (χ0v) is 17.4. The summed E-state index contributed by atoms with van der Waals surface area (Å²) < 4.78 is 34.4. The molecule has 4 rings (SSSR count). The molecule has 2 heterocycles. The van der Waals surface area contributed by atoms with Crippen LogP contribution in [0.1, 0.15) is 17.0 Å². The van der Waals surface area contributed by atoms with Gasteiger partial charge in [-0.15, -0.1) is 0 Å². The minimum absolute atomic E-state index is 0.0234. The zero-order chi connectivity index (χ0) is 21.3. The molecule has 0 unspecified atom stereocenters. The highest BCUT2D eigenvalue weighted by atomic mass is 35.5. The Bertz CT molecular complexity index is 1200. The Morgan fingerprint density at radius 1 is 1.13 bits per heavy atom. The van der Waals surface area contributed by atoms with Crippen LogP contribution in [0.25, 0.3) is 11.0 Å². The van der Waals surface area contributed by atoms with Crippen molar-refractivity contribution in [2.75, 3.05) is 23.0 Å². The highest BCUT2D eigenvalue weighted by Crippen LogP contribution is 2.26. The average Bonchev–Trinajstić information content (AvgIpc) is 3.29. The number of nitrogens with zero attached hydrogens (tertiary/aromatic N) is 1. The van der Waals surface area contributed by atoms with Crippen molar-refractivity contribution in [1.82, 2.24) is 0 Å². The van der Waals surface area contributed by atoms with Crippen molar-refractivity contribution < 1.29 is 27.2 Å². The second kappa shape index (κ2) is 8.12. The number of amides is 1. The third-order valence-corrected chi connectivity index (χ3v) is 6.87. The molecule has 7 nitrogen and oxygen atoms in total. The van der Waals surface area contributed by atoms with E-state index in [0.717, 1.165) is 0 Å². The van der Waals surface area contributed by atoms with Crippen LogP contribution in [-0.4, -0.2) is 44.4 Å². The summed E-state index contributed by atoms with van der Waals surface area (Å²) in [7, 11) is -3.20. The molecule has 1 aliphatic rings. The zero-order valence-electron chi connectivity index (χ0n) is 15.8. The summed E-state index contributed by atoms with van der Waals surface area (Å²) in [5.41, 5.74) is 1.03. The number of benzene rings is 2. The van der Waals surface area contributed by atoms with Crippen LogP contribution in [0.2, 0.25) is 5.02 Å². The van der Waals surface area contributed by atoms with Gasteiger partial charge in [0, 0.05) is 16.1 Å². The number of esters is 1. The van der Waals surface area contributed by atoms with Gasteiger partial charge in [0.05, 0.1) is 17.5 Å². The van der Waals surface area contributed by atoms with E-state index in [4.69, 9.17) is 20.8 Å². The third-order valence-electron chi connectivity index (χ3n) is 4.88. The van der Waals surface area contributed by atoms with Crippen molar-refractivity contribution in [3.05, 3.63) is 65.4 Å². The predicted octanol–water partition coefficient (Wildman–Crippen LogP) is 3.46. The molecule has 3 aromatic rings. The van der Waals surface area contributed by atoms with Crippen molar-refractivity contribution in [2.45, 2.75) is 12.5 Å². The first-order chi connectivity index (χ1) is 14.3. The van der Waals surface area contributed by atoms with E-state index in [1.54, 1.807) is 48.5 Å². The minimum atomic E-state index is -3.20. The lowest BCUT2D eigenvalue weighted by atomic mass is 10.2. The van der Waals surface area contributed by atoms with E-state index in [0.29, 0.717) is 28.1 Å². The van der Waals surface area contributed by atoms with E-state index in [-0.39, 0.29) is 17.3 Å². The van der Waals surface area contributed by atoms with Crippen LogP contribution in [0, 0.1) is 0 Å². The van der Waals surface area contributed by atoms with E-state index < -0.39 is 34.4 Å². The molecule has 1 saturated heterocycles. The smallest absolute Gasteiger partial charge is 0.374 e. The topological polar surface area (TPSA) is 93.9 Å². The Morgan fingerprint density at radius 2 is 1.90 bits per heavy atom. The number of para-hydroxylation sites is 1. The minimum Gasteiger partial charge on any atom is -0.450 e. The number of sulfone groups is 1. The van der Waals surface area contributed by atoms with Crippen molar-refractivity contribution in [1.29, 1.82) is 0 Å². The fraction of sp³-hybridized carbons (Fsp3) is 0.238. The first-order valence-corrected chi connectivity index (χ1v) is 11.5. The first-order valence-electron chi connectivity index (χ1n) is 9.26. The van der Waals surface area contributed by atoms with E-state index in [1.807, 2.05) is 0 Å². The van der Waals surface area contributed by atoms with Crippen LogP contribution >= 0.6 is 11.6 Å². The van der Waals surface area contributed by atoms with Crippen molar-refractivity contribution in [2.24, 2.45) is 0 Å². The number of carbonyl (C=O) groups excluding carboxylic acids is 2. The molecule has 0 saturated carbocycles. The lowest BCUT2D eigenvalue weighted by Gasteiger charge is -2.28. The number of furan rings is 1. The van der Waals surface area contributed by atoms with Gasteiger partial charge >= 0.3 is 5.97 Å². The number of hydrogen-bond acceptors (Lipinski definition) is 6. The number of halogens is 1. The van der Waals surface area contributed by atoms with E-state index in [9.17, 15) is 18.0 Å². The van der Waals surface area contributed by atoms with Crippen LogP contribution in [0.4, 0.5) is 5.69 Å². The molecule has 0 radical (unpaired) electrons. The Hall–Kier alpha value is -2.84. The molecule has 1 amide bonds. The van der Waals surface area contributed by atoms with Crippen molar-refractivity contribution >= 4 is 50.0 Å². The number of hydrogen-bond donors (Lipinski definition) is 0. The van der Waals surface area contributed by atoms with Gasteiger partial charge in [-0.05, 0) is 42.8 Å². The predicted molar refractivity (Wildman–Crippen MR) is 112 cm³/mol. The molecule has 9 heteroatoms. The second-order valence-corrected chi connectivity index (χ2v) is 9.69. The van der Waals surface area contributed by atoms with Gasteiger partial charge in [-0.3, -0.25) is 4.79 Å². The molecule has 156 valence electrons. The molecule has 30 heavy (non-hydrogen) atoms. The second-order valence-electron chi connectivity index (χ2n) is 7.03. The van der Waals surface area contributed by atoms with Crippen LogP contribution < -0.4 is 4.90 Å². The highest BCUT2D eigenvalue weighted by molar-refractivity contribution is 7.91. The monoisotopic (exact) mass is 447 g/mol. The molecule has 0 spiro atoms. The first kappa shape index (κ1) is 20.4. The Labute approximate surface area is 178 Å². The van der Waals surface area contributed by atoms with E-state index in [2.05, 4.69) is 0 Å². The van der Waals surface area contributed by atoms with Gasteiger partial charge in [0.15, 0.2) is 16.4 Å². The van der Waals surface area contributed by atoms with Gasteiger partial charge in [-0.1, -0.05) is 29.8 Å². The van der Waals surface area contributed by atoms with Gasteiger partial charge in [0.2, 0.25) is 5.76 Å². The van der Waals surface area contributed by atoms with Crippen LogP contribution in [0.3, 0.4) is 0 Å². The number of anilines is 1. The molecular weight excluding hydrogens is 430 g/mol. The van der Waals surface area contributed by atoms with E-state index >= 15 is 0 Å². The lowest BCUT2D eigenvalue weighted by Crippen LogP contribution is -2.43. The standard InChI is InChI=1S/C21H18ClNO6S/c22-15-6-7-18-14(10-15)11-19(29-18)21(25)28-12-20(24)23(16-4-2-1-3-5-16)17-8-9-30(26,27)13-17/h1-7,10-11,17H,8-9,12-13H2/t17-/m1/s1. The third kappa shape index (κ3) is 4.34. The maximum absolute atomic E-state index is 12.9. The average molecular weight is 448 g/mol. The van der Waals surface area contributed by atoms with Crippen LogP contribution in [-0.2, 0) is 19.4 Å². The molecule has 1 aromatic heterocycles. The summed E-state index contributed by atoms with van der Waals surface area (Å²) in [6.07, 6.45) is 0.335. The lowest BCUT2D eigenvalue weighted by molar-refractivity contribution is -0.122.